The molecule has 0 fully saturated rings. The molecule has 2 atom stereocenters. The molecule has 1 aliphatic rings. The van der Waals surface area contributed by atoms with Gasteiger partial charge >= 0.3 is 0 Å². The number of hydrogen-bond acceptors (Lipinski definition) is 3. The van der Waals surface area contributed by atoms with Crippen molar-refractivity contribution in [2.24, 2.45) is 12.8 Å². The third-order valence-corrected chi connectivity index (χ3v) is 5.31. The summed E-state index contributed by atoms with van der Waals surface area (Å²) in [7, 11) is 4.04. The van der Waals surface area contributed by atoms with E-state index in [0.29, 0.717) is 11.1 Å². The van der Waals surface area contributed by atoms with E-state index >= 15 is 0 Å². The number of halogens is 1. The van der Waals surface area contributed by atoms with Crippen LogP contribution in [0.4, 0.5) is 0 Å². The molecule has 0 saturated carbocycles. The summed E-state index contributed by atoms with van der Waals surface area (Å²) in [6.45, 7) is 6.45. The molecule has 2 N–H and O–H groups in total. The van der Waals surface area contributed by atoms with Gasteiger partial charge in [0.1, 0.15) is 0 Å². The van der Waals surface area contributed by atoms with Crippen LogP contribution in [-0.2, 0) is 13.5 Å². The molecule has 1 aromatic heterocycles. The first-order valence-corrected chi connectivity index (χ1v) is 9.02. The second-order valence-electron chi connectivity index (χ2n) is 6.87. The van der Waals surface area contributed by atoms with Gasteiger partial charge in [0, 0.05) is 19.1 Å². The first kappa shape index (κ1) is 18.5. The number of hydrogen-bond donors (Lipinski definition) is 1. The zero-order chi connectivity index (χ0) is 18.8. The third kappa shape index (κ3) is 3.62. The average Bonchev–Trinajstić information content (AvgIpc) is 3.04. The Morgan fingerprint density at radius 3 is 2.81 bits per heavy atom. The minimum atomic E-state index is -0.333. The summed E-state index contributed by atoms with van der Waals surface area (Å²) in [5.74, 6) is 0. The molecule has 5 heteroatoms. The van der Waals surface area contributed by atoms with Gasteiger partial charge in [-0.25, -0.2) is 4.98 Å². The smallest absolute Gasteiger partial charge is 0.0946 e. The molecule has 2 heterocycles. The number of rotatable bonds is 5. The fourth-order valence-electron chi connectivity index (χ4n) is 3.42. The van der Waals surface area contributed by atoms with E-state index in [1.54, 1.807) is 12.5 Å². The van der Waals surface area contributed by atoms with Gasteiger partial charge < -0.3 is 15.2 Å². The van der Waals surface area contributed by atoms with Crippen molar-refractivity contribution in [1.82, 2.24) is 14.5 Å². The van der Waals surface area contributed by atoms with Gasteiger partial charge in [0.2, 0.25) is 0 Å². The van der Waals surface area contributed by atoms with Crippen LogP contribution in [0.25, 0.3) is 5.57 Å². The fourth-order valence-corrected chi connectivity index (χ4v) is 3.59. The zero-order valence-electron chi connectivity index (χ0n) is 15.5. The predicted octanol–water partition coefficient (Wildman–Crippen LogP) is 4.10. The lowest BCUT2D eigenvalue weighted by molar-refractivity contribution is 0.361. The van der Waals surface area contributed by atoms with E-state index in [4.69, 9.17) is 17.3 Å². The number of imidazole rings is 1. The van der Waals surface area contributed by atoms with Crippen molar-refractivity contribution in [1.29, 1.82) is 0 Å². The summed E-state index contributed by atoms with van der Waals surface area (Å²) < 4.78 is 1.92. The van der Waals surface area contributed by atoms with Crippen LogP contribution < -0.4 is 5.73 Å². The van der Waals surface area contributed by atoms with E-state index in [9.17, 15) is 0 Å². The molecular weight excluding hydrogens is 344 g/mol. The van der Waals surface area contributed by atoms with E-state index < -0.39 is 0 Å². The summed E-state index contributed by atoms with van der Waals surface area (Å²) in [5.41, 5.74) is 11.8. The van der Waals surface area contributed by atoms with Crippen LogP contribution in [0, 0.1) is 0 Å². The van der Waals surface area contributed by atoms with E-state index in [2.05, 4.69) is 54.9 Å². The van der Waals surface area contributed by atoms with Gasteiger partial charge in [0.25, 0.3) is 0 Å². The van der Waals surface area contributed by atoms with Crippen molar-refractivity contribution in [2.75, 3.05) is 7.05 Å². The van der Waals surface area contributed by atoms with Gasteiger partial charge in [-0.1, -0.05) is 35.9 Å². The molecule has 1 aromatic carbocycles. The number of benzene rings is 1. The summed E-state index contributed by atoms with van der Waals surface area (Å²) in [6, 6.07) is 5.95. The molecule has 2 aromatic rings. The Kier molecular flexibility index (Phi) is 5.35. The topological polar surface area (TPSA) is 47.1 Å². The van der Waals surface area contributed by atoms with E-state index in [1.807, 2.05) is 23.7 Å². The van der Waals surface area contributed by atoms with Crippen molar-refractivity contribution >= 4 is 17.2 Å². The van der Waals surface area contributed by atoms with Crippen molar-refractivity contribution < 1.29 is 0 Å². The Balaban J connectivity index is 1.93. The van der Waals surface area contributed by atoms with E-state index in [1.165, 1.54) is 11.1 Å². The highest BCUT2D eigenvalue weighted by molar-refractivity contribution is 6.30. The SMILES string of the molecule is C=C(c1cc(Cl)ccc1CC1C(C)=CC=CN1C)[C@@H](N)c1cncn1C. The number of nitrogens with two attached hydrogens (primary N) is 1. The fraction of sp³-hybridized carbons (Fsp3) is 0.286. The second kappa shape index (κ2) is 7.52. The van der Waals surface area contributed by atoms with Crippen molar-refractivity contribution in [2.45, 2.75) is 25.4 Å². The summed E-state index contributed by atoms with van der Waals surface area (Å²) in [5, 5.41) is 0.686. The maximum atomic E-state index is 6.49. The van der Waals surface area contributed by atoms with Crippen LogP contribution in [-0.4, -0.2) is 27.5 Å². The standard InChI is InChI=1S/C21H25ClN4/c1-14-6-5-9-25(3)19(14)10-16-7-8-17(22)11-18(16)15(2)21(23)20-12-24-13-26(20)4/h5-9,11-13,19,21H,2,10,23H2,1,3-4H3/t19?,21-/m1/s1. The van der Waals surface area contributed by atoms with Crippen LogP contribution in [0.5, 0.6) is 0 Å². The van der Waals surface area contributed by atoms with Crippen molar-refractivity contribution in [3.05, 3.63) is 83.1 Å². The molecule has 1 aliphatic heterocycles. The molecule has 26 heavy (non-hydrogen) atoms. The Hall–Kier alpha value is -2.30. The first-order valence-electron chi connectivity index (χ1n) is 8.64. The van der Waals surface area contributed by atoms with Gasteiger partial charge in [0.15, 0.2) is 0 Å². The Bertz CT molecular complexity index is 878. The minimum Gasteiger partial charge on any atom is -0.373 e. The van der Waals surface area contributed by atoms with Crippen LogP contribution in [0.1, 0.15) is 29.8 Å². The maximum Gasteiger partial charge on any atom is 0.0946 e. The highest BCUT2D eigenvalue weighted by Gasteiger charge is 2.22. The number of nitrogens with zero attached hydrogens (tertiary/aromatic N) is 3. The number of allylic oxidation sites excluding steroid dienone is 2. The molecule has 1 unspecified atom stereocenters. The quantitative estimate of drug-likeness (QED) is 0.864. The highest BCUT2D eigenvalue weighted by Crippen LogP contribution is 2.32. The Morgan fingerprint density at radius 1 is 1.38 bits per heavy atom. The van der Waals surface area contributed by atoms with Gasteiger partial charge in [-0.15, -0.1) is 0 Å². The van der Waals surface area contributed by atoms with Gasteiger partial charge in [-0.3, -0.25) is 0 Å². The largest absolute Gasteiger partial charge is 0.373 e. The van der Waals surface area contributed by atoms with Crippen LogP contribution in [0.3, 0.4) is 0 Å². The minimum absolute atomic E-state index is 0.306. The van der Waals surface area contributed by atoms with Gasteiger partial charge in [-0.05, 0) is 54.5 Å². The van der Waals surface area contributed by atoms with Crippen LogP contribution in [0.15, 0.2) is 61.2 Å². The average molecular weight is 369 g/mol. The second-order valence-corrected chi connectivity index (χ2v) is 7.31. The number of aryl methyl sites for hydroxylation is 1. The summed E-state index contributed by atoms with van der Waals surface area (Å²) in [4.78, 5) is 6.40. The molecule has 3 rings (SSSR count). The normalized spacial score (nSPS) is 18.0. The number of aromatic nitrogens is 2. The summed E-state index contributed by atoms with van der Waals surface area (Å²) in [6.07, 6.45) is 10.7. The maximum absolute atomic E-state index is 6.49. The monoisotopic (exact) mass is 368 g/mol. The molecule has 0 bridgehead atoms. The Morgan fingerprint density at radius 2 is 2.15 bits per heavy atom. The molecular formula is C21H25ClN4. The van der Waals surface area contributed by atoms with Crippen LogP contribution in [0.2, 0.25) is 5.02 Å². The van der Waals surface area contributed by atoms with Crippen molar-refractivity contribution in [3.8, 4) is 0 Å². The third-order valence-electron chi connectivity index (χ3n) is 5.08. The van der Waals surface area contributed by atoms with E-state index in [0.717, 1.165) is 23.3 Å². The van der Waals surface area contributed by atoms with Gasteiger partial charge in [0.05, 0.1) is 30.3 Å². The zero-order valence-corrected chi connectivity index (χ0v) is 16.2. The van der Waals surface area contributed by atoms with Crippen molar-refractivity contribution in [3.63, 3.8) is 0 Å². The molecule has 0 saturated heterocycles. The van der Waals surface area contributed by atoms with E-state index in [-0.39, 0.29) is 6.04 Å². The molecule has 136 valence electrons. The molecule has 0 amide bonds. The number of likely N-dealkylation sites (N-methyl/N-ethyl adjacent to an activating group) is 1. The first-order chi connectivity index (χ1) is 12.4. The lowest BCUT2D eigenvalue weighted by atomic mass is 9.89. The van der Waals surface area contributed by atoms with Crippen LogP contribution >= 0.6 is 11.6 Å². The predicted molar refractivity (Wildman–Crippen MR) is 109 cm³/mol. The lowest BCUT2D eigenvalue weighted by Crippen LogP contribution is -2.32. The molecule has 0 aliphatic carbocycles. The molecule has 0 spiro atoms. The summed E-state index contributed by atoms with van der Waals surface area (Å²) >= 11 is 6.29. The molecule has 0 radical (unpaired) electrons. The highest BCUT2D eigenvalue weighted by atomic mass is 35.5. The lowest BCUT2D eigenvalue weighted by Gasteiger charge is -2.31. The molecule has 4 nitrogen and oxygen atoms in total. The van der Waals surface area contributed by atoms with Gasteiger partial charge in [-0.2, -0.15) is 0 Å². The Labute approximate surface area is 160 Å².